The number of nitrogens with one attached hydrogen (secondary N) is 1. The fourth-order valence-corrected chi connectivity index (χ4v) is 3.27. The lowest BCUT2D eigenvalue weighted by molar-refractivity contribution is -0.123. The van der Waals surface area contributed by atoms with Gasteiger partial charge in [-0.15, -0.1) is 0 Å². The van der Waals surface area contributed by atoms with Crippen molar-refractivity contribution in [2.45, 2.75) is 26.9 Å². The maximum atomic E-state index is 12.1. The van der Waals surface area contributed by atoms with E-state index in [-0.39, 0.29) is 12.5 Å². The molecule has 0 aliphatic carbocycles. The highest BCUT2D eigenvalue weighted by atomic mass is 16.5. The monoisotopic (exact) mass is 368 g/mol. The van der Waals surface area contributed by atoms with E-state index in [2.05, 4.69) is 28.4 Å². The minimum atomic E-state index is -0.118. The van der Waals surface area contributed by atoms with E-state index in [0.29, 0.717) is 6.54 Å². The molecule has 1 aliphatic rings. The van der Waals surface area contributed by atoms with Crippen molar-refractivity contribution in [3.05, 3.63) is 64.7 Å². The lowest BCUT2D eigenvalue weighted by Gasteiger charge is -2.26. The van der Waals surface area contributed by atoms with E-state index in [1.165, 1.54) is 5.56 Å². The molecule has 0 atom stereocenters. The Morgan fingerprint density at radius 1 is 1.07 bits per heavy atom. The molecule has 3 rings (SSSR count). The third-order valence-electron chi connectivity index (χ3n) is 4.56. The molecule has 1 fully saturated rings. The molecule has 144 valence electrons. The van der Waals surface area contributed by atoms with E-state index in [4.69, 9.17) is 9.47 Å². The molecular formula is C22H28N2O3. The summed E-state index contributed by atoms with van der Waals surface area (Å²) in [6.45, 7) is 9.02. The normalized spacial score (nSPS) is 14.7. The van der Waals surface area contributed by atoms with Crippen molar-refractivity contribution < 1.29 is 14.3 Å². The van der Waals surface area contributed by atoms with Gasteiger partial charge < -0.3 is 14.8 Å². The summed E-state index contributed by atoms with van der Waals surface area (Å²) in [7, 11) is 0. The first-order valence-corrected chi connectivity index (χ1v) is 9.44. The third-order valence-corrected chi connectivity index (χ3v) is 4.56. The predicted octanol–water partition coefficient (Wildman–Crippen LogP) is 2.83. The standard InChI is InChI=1S/C22H28N2O3/c1-17-10-18(2)12-21(11-17)27-16-22(25)23-14-19-4-3-5-20(13-19)15-24-6-8-26-9-7-24/h3-5,10-13H,6-9,14-16H2,1-2H3,(H,23,25). The van der Waals surface area contributed by atoms with Crippen LogP contribution in [0.4, 0.5) is 0 Å². The number of nitrogens with zero attached hydrogens (tertiary/aromatic N) is 1. The zero-order valence-corrected chi connectivity index (χ0v) is 16.2. The number of hydrogen-bond donors (Lipinski definition) is 1. The van der Waals surface area contributed by atoms with Crippen molar-refractivity contribution in [3.63, 3.8) is 0 Å². The van der Waals surface area contributed by atoms with Gasteiger partial charge in [-0.2, -0.15) is 0 Å². The number of carbonyl (C=O) groups is 1. The fraction of sp³-hybridized carbons (Fsp3) is 0.409. The number of morpholine rings is 1. The van der Waals surface area contributed by atoms with Crippen LogP contribution >= 0.6 is 0 Å². The van der Waals surface area contributed by atoms with Gasteiger partial charge in [0.2, 0.25) is 0 Å². The average Bonchev–Trinajstić information content (AvgIpc) is 2.65. The van der Waals surface area contributed by atoms with Crippen molar-refractivity contribution in [1.82, 2.24) is 10.2 Å². The summed E-state index contributed by atoms with van der Waals surface area (Å²) in [6, 6.07) is 14.3. The van der Waals surface area contributed by atoms with Crippen LogP contribution in [0.15, 0.2) is 42.5 Å². The van der Waals surface area contributed by atoms with E-state index < -0.39 is 0 Å². The molecule has 1 amide bonds. The van der Waals surface area contributed by atoms with Crippen LogP contribution in [0.25, 0.3) is 0 Å². The molecule has 0 unspecified atom stereocenters. The highest BCUT2D eigenvalue weighted by Gasteiger charge is 2.11. The summed E-state index contributed by atoms with van der Waals surface area (Å²) in [5, 5.41) is 2.93. The Labute approximate surface area is 161 Å². The first kappa shape index (κ1) is 19.4. The van der Waals surface area contributed by atoms with Gasteiger partial charge in [0.1, 0.15) is 5.75 Å². The summed E-state index contributed by atoms with van der Waals surface area (Å²) < 4.78 is 11.0. The van der Waals surface area contributed by atoms with Crippen LogP contribution in [0.1, 0.15) is 22.3 Å². The van der Waals surface area contributed by atoms with Gasteiger partial charge in [0.15, 0.2) is 6.61 Å². The Morgan fingerprint density at radius 3 is 2.52 bits per heavy atom. The minimum absolute atomic E-state index is 0.0242. The molecular weight excluding hydrogens is 340 g/mol. The van der Waals surface area contributed by atoms with Crippen LogP contribution < -0.4 is 10.1 Å². The molecule has 5 nitrogen and oxygen atoms in total. The topological polar surface area (TPSA) is 50.8 Å². The van der Waals surface area contributed by atoms with E-state index >= 15 is 0 Å². The van der Waals surface area contributed by atoms with Crippen LogP contribution in [0.3, 0.4) is 0 Å². The third kappa shape index (κ3) is 6.38. The smallest absolute Gasteiger partial charge is 0.258 e. The summed E-state index contributed by atoms with van der Waals surface area (Å²) in [5.41, 5.74) is 4.61. The summed E-state index contributed by atoms with van der Waals surface area (Å²) in [6.07, 6.45) is 0. The van der Waals surface area contributed by atoms with Crippen molar-refractivity contribution in [2.24, 2.45) is 0 Å². The number of amides is 1. The van der Waals surface area contributed by atoms with Gasteiger partial charge in [-0.25, -0.2) is 0 Å². The van der Waals surface area contributed by atoms with E-state index in [9.17, 15) is 4.79 Å². The van der Waals surface area contributed by atoms with Crippen molar-refractivity contribution in [1.29, 1.82) is 0 Å². The number of benzene rings is 2. The van der Waals surface area contributed by atoms with E-state index in [1.54, 1.807) is 0 Å². The Bertz CT molecular complexity index is 750. The van der Waals surface area contributed by atoms with Gasteiger partial charge in [-0.05, 0) is 48.2 Å². The number of aryl methyl sites for hydroxylation is 2. The van der Waals surface area contributed by atoms with Crippen molar-refractivity contribution >= 4 is 5.91 Å². The maximum Gasteiger partial charge on any atom is 0.258 e. The fourth-order valence-electron chi connectivity index (χ4n) is 3.27. The van der Waals surface area contributed by atoms with Crippen LogP contribution in [0.5, 0.6) is 5.75 Å². The first-order valence-electron chi connectivity index (χ1n) is 9.44. The van der Waals surface area contributed by atoms with Gasteiger partial charge in [0.25, 0.3) is 5.91 Å². The summed E-state index contributed by atoms with van der Waals surface area (Å²) in [5.74, 6) is 0.614. The maximum absolute atomic E-state index is 12.1. The quantitative estimate of drug-likeness (QED) is 0.817. The number of hydrogen-bond acceptors (Lipinski definition) is 4. The lowest BCUT2D eigenvalue weighted by Crippen LogP contribution is -2.35. The zero-order valence-electron chi connectivity index (χ0n) is 16.2. The molecule has 1 aliphatic heterocycles. The highest BCUT2D eigenvalue weighted by molar-refractivity contribution is 5.77. The Balaban J connectivity index is 1.46. The largest absolute Gasteiger partial charge is 0.484 e. The molecule has 1 heterocycles. The van der Waals surface area contributed by atoms with Crippen molar-refractivity contribution in [2.75, 3.05) is 32.9 Å². The van der Waals surface area contributed by atoms with Gasteiger partial charge in [-0.3, -0.25) is 9.69 Å². The van der Waals surface area contributed by atoms with Crippen LogP contribution in [0.2, 0.25) is 0 Å². The highest BCUT2D eigenvalue weighted by Crippen LogP contribution is 2.16. The second-order valence-corrected chi connectivity index (χ2v) is 7.10. The molecule has 5 heteroatoms. The predicted molar refractivity (Wildman–Crippen MR) is 106 cm³/mol. The SMILES string of the molecule is Cc1cc(C)cc(OCC(=O)NCc2cccc(CN3CCOCC3)c2)c1. The molecule has 0 saturated carbocycles. The second-order valence-electron chi connectivity index (χ2n) is 7.10. The molecule has 1 N–H and O–H groups in total. The van der Waals surface area contributed by atoms with Gasteiger partial charge in [-0.1, -0.05) is 30.3 Å². The molecule has 0 spiro atoms. The van der Waals surface area contributed by atoms with Crippen LogP contribution in [0, 0.1) is 13.8 Å². The minimum Gasteiger partial charge on any atom is -0.484 e. The number of ether oxygens (including phenoxy) is 2. The summed E-state index contributed by atoms with van der Waals surface area (Å²) in [4.78, 5) is 14.5. The molecule has 1 saturated heterocycles. The first-order chi connectivity index (χ1) is 13.1. The second kappa shape index (κ2) is 9.53. The average molecular weight is 368 g/mol. The number of carbonyl (C=O) groups excluding carboxylic acids is 1. The van der Waals surface area contributed by atoms with Crippen LogP contribution in [-0.4, -0.2) is 43.7 Å². The molecule has 2 aromatic rings. The molecule has 0 radical (unpaired) electrons. The van der Waals surface area contributed by atoms with Gasteiger partial charge >= 0.3 is 0 Å². The zero-order chi connectivity index (χ0) is 19.1. The Morgan fingerprint density at radius 2 is 1.78 bits per heavy atom. The molecule has 0 bridgehead atoms. The van der Waals surface area contributed by atoms with Gasteiger partial charge in [0.05, 0.1) is 13.2 Å². The Kier molecular flexibility index (Phi) is 6.85. The summed E-state index contributed by atoms with van der Waals surface area (Å²) >= 11 is 0. The molecule has 27 heavy (non-hydrogen) atoms. The Hall–Kier alpha value is -2.37. The van der Waals surface area contributed by atoms with Gasteiger partial charge in [0, 0.05) is 26.2 Å². The molecule has 0 aromatic heterocycles. The van der Waals surface area contributed by atoms with E-state index in [1.807, 2.05) is 38.1 Å². The lowest BCUT2D eigenvalue weighted by atomic mass is 10.1. The van der Waals surface area contributed by atoms with Crippen molar-refractivity contribution in [3.8, 4) is 5.75 Å². The van der Waals surface area contributed by atoms with E-state index in [0.717, 1.165) is 55.3 Å². The number of rotatable bonds is 7. The molecule has 2 aromatic carbocycles. The van der Waals surface area contributed by atoms with Crippen LogP contribution in [-0.2, 0) is 22.6 Å².